The number of Topliss-reactive ketones (excluding diaryl/α,β-unsaturated/α-hetero) is 2. The number of esters is 1. The average Bonchev–Trinajstić information content (AvgIpc) is 3.34. The van der Waals surface area contributed by atoms with Crippen LogP contribution in [0.5, 0.6) is 0 Å². The summed E-state index contributed by atoms with van der Waals surface area (Å²) in [4.78, 5) is 38.7. The molecule has 1 aliphatic heterocycles. The predicted octanol–water partition coefficient (Wildman–Crippen LogP) is 4.56. The van der Waals surface area contributed by atoms with Crippen LogP contribution in [0.1, 0.15) is 101 Å². The first-order valence-electron chi connectivity index (χ1n) is 14.8. The van der Waals surface area contributed by atoms with Crippen molar-refractivity contribution in [2.45, 2.75) is 131 Å². The number of hydrogen-bond acceptors (Lipinski definition) is 7. The molecule has 7 nitrogen and oxygen atoms in total. The summed E-state index contributed by atoms with van der Waals surface area (Å²) < 4.78 is 11.5. The van der Waals surface area contributed by atoms with E-state index in [1.54, 1.807) is 0 Å². The fourth-order valence-electron chi connectivity index (χ4n) is 10.3. The van der Waals surface area contributed by atoms with Gasteiger partial charge in [0.2, 0.25) is 0 Å². The van der Waals surface area contributed by atoms with Crippen LogP contribution in [0.4, 0.5) is 0 Å². The highest BCUT2D eigenvalue weighted by Crippen LogP contribution is 2.73. The number of rotatable bonds is 5. The zero-order valence-electron chi connectivity index (χ0n) is 25.2. The van der Waals surface area contributed by atoms with E-state index in [1.165, 1.54) is 6.92 Å². The van der Waals surface area contributed by atoms with Crippen molar-refractivity contribution in [3.63, 3.8) is 0 Å². The number of epoxide rings is 1. The Morgan fingerprint density at radius 1 is 1.08 bits per heavy atom. The molecule has 0 spiro atoms. The molecule has 5 aliphatic rings. The van der Waals surface area contributed by atoms with E-state index in [2.05, 4.69) is 20.8 Å². The lowest BCUT2D eigenvalue weighted by Gasteiger charge is -2.69. The molecule has 0 aromatic rings. The first-order chi connectivity index (χ1) is 17.8. The summed E-state index contributed by atoms with van der Waals surface area (Å²) >= 11 is 0. The Labute approximate surface area is 233 Å². The minimum absolute atomic E-state index is 0.0112. The van der Waals surface area contributed by atoms with Gasteiger partial charge >= 0.3 is 5.97 Å². The van der Waals surface area contributed by atoms with Gasteiger partial charge in [-0.15, -0.1) is 0 Å². The van der Waals surface area contributed by atoms with Crippen LogP contribution in [0.3, 0.4) is 0 Å². The molecule has 0 aromatic carbocycles. The molecular weight excluding hydrogens is 496 g/mol. The van der Waals surface area contributed by atoms with E-state index < -0.39 is 40.2 Å². The number of fused-ring (bicyclic) bond motifs is 5. The zero-order chi connectivity index (χ0) is 29.1. The van der Waals surface area contributed by atoms with Crippen molar-refractivity contribution in [2.75, 3.05) is 0 Å². The van der Waals surface area contributed by atoms with Crippen LogP contribution >= 0.6 is 0 Å². The number of hydrogen-bond donors (Lipinski definition) is 2. The summed E-state index contributed by atoms with van der Waals surface area (Å²) in [6.07, 6.45) is 0.596. The van der Waals surface area contributed by atoms with Gasteiger partial charge in [0.15, 0.2) is 5.78 Å². The van der Waals surface area contributed by atoms with Crippen LogP contribution in [0.25, 0.3) is 0 Å². The molecule has 1 heterocycles. The van der Waals surface area contributed by atoms with Gasteiger partial charge in [0, 0.05) is 36.2 Å². The number of carbonyl (C=O) groups excluding carboxylic acids is 3. The lowest BCUT2D eigenvalue weighted by molar-refractivity contribution is -0.227. The number of aliphatic hydroxyl groups excluding tert-OH is 2. The highest BCUT2D eigenvalue weighted by atomic mass is 16.6. The first kappa shape index (κ1) is 28.9. The maximum absolute atomic E-state index is 13.8. The van der Waals surface area contributed by atoms with Crippen molar-refractivity contribution >= 4 is 17.5 Å². The highest BCUT2D eigenvalue weighted by Gasteiger charge is 2.72. The molecule has 2 N–H and O–H groups in total. The maximum Gasteiger partial charge on any atom is 0.302 e. The Bertz CT molecular complexity index is 1140. The van der Waals surface area contributed by atoms with Crippen LogP contribution in [-0.2, 0) is 23.9 Å². The minimum atomic E-state index is -1.16. The van der Waals surface area contributed by atoms with E-state index in [4.69, 9.17) is 9.47 Å². The Balaban J connectivity index is 1.54. The van der Waals surface area contributed by atoms with Crippen LogP contribution in [0, 0.1) is 39.4 Å². The third kappa shape index (κ3) is 3.89. The van der Waals surface area contributed by atoms with Gasteiger partial charge < -0.3 is 19.7 Å². The Morgan fingerprint density at radius 2 is 1.69 bits per heavy atom. The third-order valence-corrected chi connectivity index (χ3v) is 12.3. The van der Waals surface area contributed by atoms with Crippen LogP contribution < -0.4 is 0 Å². The number of ketones is 2. The fourth-order valence-corrected chi connectivity index (χ4v) is 10.3. The fraction of sp³-hybridized carbons (Fsp3) is 0.844. The predicted molar refractivity (Wildman–Crippen MR) is 146 cm³/mol. The number of carbonyl (C=O) groups is 3. The molecule has 10 atom stereocenters. The van der Waals surface area contributed by atoms with E-state index in [1.807, 2.05) is 34.6 Å². The largest absolute Gasteiger partial charge is 0.460 e. The molecule has 10 unspecified atom stereocenters. The van der Waals surface area contributed by atoms with Gasteiger partial charge in [0.1, 0.15) is 24.1 Å². The Hall–Kier alpha value is -1.57. The lowest BCUT2D eigenvalue weighted by atomic mass is 9.35. The first-order valence-corrected chi connectivity index (χ1v) is 14.8. The van der Waals surface area contributed by atoms with Gasteiger partial charge in [-0.1, -0.05) is 41.5 Å². The molecule has 3 saturated carbocycles. The molecule has 0 radical (unpaired) electrons. The second-order valence-electron chi connectivity index (χ2n) is 15.3. The molecule has 4 fully saturated rings. The van der Waals surface area contributed by atoms with E-state index in [0.29, 0.717) is 36.8 Å². The molecule has 39 heavy (non-hydrogen) atoms. The number of aliphatic hydroxyl groups is 2. The monoisotopic (exact) mass is 544 g/mol. The lowest BCUT2D eigenvalue weighted by Crippen LogP contribution is -2.68. The van der Waals surface area contributed by atoms with Crippen LogP contribution in [0.15, 0.2) is 11.1 Å². The second kappa shape index (κ2) is 8.72. The van der Waals surface area contributed by atoms with E-state index >= 15 is 0 Å². The van der Waals surface area contributed by atoms with Crippen LogP contribution in [-0.4, -0.2) is 57.8 Å². The van der Waals surface area contributed by atoms with Gasteiger partial charge in [-0.25, -0.2) is 0 Å². The third-order valence-electron chi connectivity index (χ3n) is 12.3. The summed E-state index contributed by atoms with van der Waals surface area (Å²) in [5.74, 6) is -0.500. The SMILES string of the molecule is CC(=O)OC(CC(C)C1=C2C(O)C(O)C3C4(C)CCC(=O)C(C)(C)C4CCC3(C)C2(C)CC1=O)C1OC1(C)C. The number of ether oxygens (including phenoxy) is 2. The summed E-state index contributed by atoms with van der Waals surface area (Å²) in [6.45, 7) is 17.9. The summed E-state index contributed by atoms with van der Waals surface area (Å²) in [5.41, 5.74) is -0.962. The van der Waals surface area contributed by atoms with Crippen molar-refractivity contribution in [3.05, 3.63) is 11.1 Å². The van der Waals surface area contributed by atoms with Gasteiger partial charge in [0.05, 0.1) is 11.7 Å². The normalized spacial score (nSPS) is 45.7. The van der Waals surface area contributed by atoms with Crippen LogP contribution in [0.2, 0.25) is 0 Å². The molecule has 4 aliphatic carbocycles. The molecule has 0 aromatic heterocycles. The van der Waals surface area contributed by atoms with Crippen molar-refractivity contribution in [2.24, 2.45) is 39.4 Å². The molecule has 0 amide bonds. The molecule has 218 valence electrons. The topological polar surface area (TPSA) is 113 Å². The Morgan fingerprint density at radius 3 is 2.26 bits per heavy atom. The molecule has 0 bridgehead atoms. The van der Waals surface area contributed by atoms with E-state index in [-0.39, 0.29) is 46.8 Å². The van der Waals surface area contributed by atoms with Gasteiger partial charge in [-0.3, -0.25) is 14.4 Å². The molecule has 5 rings (SSSR count). The smallest absolute Gasteiger partial charge is 0.302 e. The minimum Gasteiger partial charge on any atom is -0.460 e. The van der Waals surface area contributed by atoms with Gasteiger partial charge in [-0.05, 0) is 73.7 Å². The summed E-state index contributed by atoms with van der Waals surface area (Å²) in [7, 11) is 0. The van der Waals surface area contributed by atoms with Crippen molar-refractivity contribution in [1.82, 2.24) is 0 Å². The quantitative estimate of drug-likeness (QED) is 0.385. The van der Waals surface area contributed by atoms with Gasteiger partial charge in [-0.2, -0.15) is 0 Å². The zero-order valence-corrected chi connectivity index (χ0v) is 25.2. The van der Waals surface area contributed by atoms with Crippen molar-refractivity contribution < 1.29 is 34.1 Å². The summed E-state index contributed by atoms with van der Waals surface area (Å²) in [5, 5.41) is 23.8. The molecule has 1 saturated heterocycles. The maximum atomic E-state index is 13.8. The standard InChI is InChI=1S/C32H48O7/c1-16(14-19(38-17(2)33)27-29(5,6)39-27)22-18(34)15-32(9)23(22)24(36)25(37)26-30(7)12-11-21(35)28(3,4)20(30)10-13-31(26,32)8/h16,19-20,24-27,36-37H,10-15H2,1-9H3. The van der Waals surface area contributed by atoms with Crippen molar-refractivity contribution in [1.29, 1.82) is 0 Å². The van der Waals surface area contributed by atoms with Crippen molar-refractivity contribution in [3.8, 4) is 0 Å². The van der Waals surface area contributed by atoms with E-state index in [9.17, 15) is 24.6 Å². The summed E-state index contributed by atoms with van der Waals surface area (Å²) in [6, 6.07) is 0. The highest BCUT2D eigenvalue weighted by molar-refractivity contribution is 6.01. The molecular formula is C32H48O7. The number of allylic oxidation sites excluding steroid dienone is 1. The average molecular weight is 545 g/mol. The van der Waals surface area contributed by atoms with E-state index in [0.717, 1.165) is 12.8 Å². The van der Waals surface area contributed by atoms with Gasteiger partial charge in [0.25, 0.3) is 0 Å². The second-order valence-corrected chi connectivity index (χ2v) is 15.3. The Kier molecular flexibility index (Phi) is 6.47. The molecule has 7 heteroatoms.